The van der Waals surface area contributed by atoms with E-state index in [1.54, 1.807) is 0 Å². The highest BCUT2D eigenvalue weighted by Gasteiger charge is 2.41. The van der Waals surface area contributed by atoms with E-state index < -0.39 is 0 Å². The number of rotatable bonds is 2. The molecule has 3 aliphatic rings. The van der Waals surface area contributed by atoms with Crippen LogP contribution in [0.5, 0.6) is 17.2 Å². The van der Waals surface area contributed by atoms with Gasteiger partial charge in [-0.3, -0.25) is 0 Å². The van der Waals surface area contributed by atoms with E-state index in [1.165, 1.54) is 0 Å². The van der Waals surface area contributed by atoms with Gasteiger partial charge in [-0.25, -0.2) is 5.01 Å². The van der Waals surface area contributed by atoms with E-state index >= 15 is 0 Å². The third-order valence-electron chi connectivity index (χ3n) is 5.59. The van der Waals surface area contributed by atoms with E-state index in [4.69, 9.17) is 30.9 Å². The first-order valence-corrected chi connectivity index (χ1v) is 10.8. The quantitative estimate of drug-likeness (QED) is 0.443. The van der Waals surface area contributed by atoms with Crippen LogP contribution < -0.4 is 14.2 Å². The van der Waals surface area contributed by atoms with Crippen molar-refractivity contribution in [1.82, 2.24) is 5.01 Å². The third-order valence-corrected chi connectivity index (χ3v) is 6.32. The molecule has 0 saturated heterocycles. The molecule has 0 amide bonds. The Morgan fingerprint density at radius 1 is 0.967 bits per heavy atom. The molecule has 5 nitrogen and oxygen atoms in total. The van der Waals surface area contributed by atoms with Gasteiger partial charge in [0.25, 0.3) is 0 Å². The zero-order valence-electron chi connectivity index (χ0n) is 15.7. The summed E-state index contributed by atoms with van der Waals surface area (Å²) in [6.07, 6.45) is 0.415. The molecule has 0 radical (unpaired) electrons. The maximum absolute atomic E-state index is 6.39. The van der Waals surface area contributed by atoms with Gasteiger partial charge in [-0.05, 0) is 48.5 Å². The van der Waals surface area contributed by atoms with Gasteiger partial charge >= 0.3 is 0 Å². The molecule has 3 aliphatic heterocycles. The van der Waals surface area contributed by atoms with Crippen LogP contribution in [0.2, 0.25) is 5.02 Å². The lowest BCUT2D eigenvalue weighted by Gasteiger charge is -2.38. The molecule has 3 aromatic rings. The molecule has 0 bridgehead atoms. The van der Waals surface area contributed by atoms with Crippen molar-refractivity contribution in [2.24, 2.45) is 5.10 Å². The van der Waals surface area contributed by atoms with Gasteiger partial charge in [0.2, 0.25) is 13.0 Å². The van der Waals surface area contributed by atoms with Crippen LogP contribution in [0.4, 0.5) is 0 Å². The molecule has 2 atom stereocenters. The molecule has 150 valence electrons. The fraction of sp³-hybridized carbons (Fsp3) is 0.174. The molecule has 30 heavy (non-hydrogen) atoms. The Kier molecular flexibility index (Phi) is 4.18. The van der Waals surface area contributed by atoms with Crippen molar-refractivity contribution in [2.45, 2.75) is 18.7 Å². The van der Waals surface area contributed by atoms with Crippen LogP contribution in [0.25, 0.3) is 0 Å². The molecule has 6 rings (SSSR count). The number of hydrogen-bond donors (Lipinski definition) is 0. The van der Waals surface area contributed by atoms with E-state index in [9.17, 15) is 0 Å². The molecular weight excluding hydrogens is 468 g/mol. The molecule has 0 spiro atoms. The topological polar surface area (TPSA) is 43.3 Å². The summed E-state index contributed by atoms with van der Waals surface area (Å²) in [5.74, 6) is 2.39. The summed E-state index contributed by atoms with van der Waals surface area (Å²) < 4.78 is 18.4. The van der Waals surface area contributed by atoms with Crippen molar-refractivity contribution in [3.8, 4) is 17.2 Å². The Morgan fingerprint density at radius 3 is 2.73 bits per heavy atom. The van der Waals surface area contributed by atoms with Crippen LogP contribution >= 0.6 is 27.5 Å². The normalized spacial score (nSPS) is 21.0. The van der Waals surface area contributed by atoms with Crippen LogP contribution in [0.3, 0.4) is 0 Å². The maximum Gasteiger partial charge on any atom is 0.231 e. The summed E-state index contributed by atoms with van der Waals surface area (Å²) in [5.41, 5.74) is 4.09. The smallest absolute Gasteiger partial charge is 0.231 e. The lowest BCUT2D eigenvalue weighted by atomic mass is 9.96. The number of halogens is 2. The fourth-order valence-electron chi connectivity index (χ4n) is 4.19. The minimum atomic E-state index is -0.353. The lowest BCUT2D eigenvalue weighted by molar-refractivity contribution is -0.0190. The molecule has 3 heterocycles. The number of fused-ring (bicyclic) bond motifs is 4. The lowest BCUT2D eigenvalue weighted by Crippen LogP contribution is -2.33. The van der Waals surface area contributed by atoms with Crippen LogP contribution in [-0.2, 0) is 0 Å². The minimum Gasteiger partial charge on any atom is -0.464 e. The van der Waals surface area contributed by atoms with Crippen molar-refractivity contribution in [3.63, 3.8) is 0 Å². The Hall–Kier alpha value is -2.70. The first-order valence-electron chi connectivity index (χ1n) is 9.63. The number of benzene rings is 3. The van der Waals surface area contributed by atoms with Gasteiger partial charge in [0, 0.05) is 32.6 Å². The molecule has 0 aliphatic carbocycles. The average Bonchev–Trinajstić information content (AvgIpc) is 3.40. The molecule has 0 N–H and O–H groups in total. The highest BCUT2D eigenvalue weighted by Crippen LogP contribution is 2.48. The largest absolute Gasteiger partial charge is 0.464 e. The first kappa shape index (κ1) is 18.1. The summed E-state index contributed by atoms with van der Waals surface area (Å²) in [5, 5.41) is 7.71. The van der Waals surface area contributed by atoms with Crippen LogP contribution in [-0.4, -0.2) is 17.5 Å². The van der Waals surface area contributed by atoms with Gasteiger partial charge in [-0.15, -0.1) is 0 Å². The molecule has 0 unspecified atom stereocenters. The predicted octanol–water partition coefficient (Wildman–Crippen LogP) is 6.07. The standard InChI is InChI=1S/C23H16BrClN2O3/c24-15-5-7-20-17(10-15)19-11-18(13-4-6-21-22(9-13)29-12-28-21)26-27(19)23(30-20)14-2-1-3-16(25)8-14/h1-10,19,23H,11-12H2/t19-,23+/m1/s1. The summed E-state index contributed by atoms with van der Waals surface area (Å²) in [6, 6.07) is 19.9. The van der Waals surface area contributed by atoms with E-state index in [0.29, 0.717) is 5.02 Å². The zero-order valence-corrected chi connectivity index (χ0v) is 18.1. The van der Waals surface area contributed by atoms with Crippen LogP contribution in [0.1, 0.15) is 35.4 Å². The van der Waals surface area contributed by atoms with Crippen LogP contribution in [0, 0.1) is 0 Å². The van der Waals surface area contributed by atoms with Gasteiger partial charge in [0.1, 0.15) is 5.75 Å². The summed E-state index contributed by atoms with van der Waals surface area (Å²) in [7, 11) is 0. The van der Waals surface area contributed by atoms with E-state index in [2.05, 4.69) is 22.0 Å². The Labute approximate surface area is 186 Å². The molecule has 0 fully saturated rings. The van der Waals surface area contributed by atoms with Crippen molar-refractivity contribution in [1.29, 1.82) is 0 Å². The summed E-state index contributed by atoms with van der Waals surface area (Å²) >= 11 is 9.86. The Bertz CT molecular complexity index is 1200. The molecular formula is C23H16BrClN2O3. The molecule has 0 aromatic heterocycles. The SMILES string of the molecule is Clc1cccc([C@@H]2Oc3ccc(Br)cc3[C@H]3CC(c4ccc5c(c4)OCO5)=NN32)c1. The molecule has 7 heteroatoms. The zero-order chi connectivity index (χ0) is 20.2. The monoisotopic (exact) mass is 482 g/mol. The Morgan fingerprint density at radius 2 is 1.83 bits per heavy atom. The van der Waals surface area contributed by atoms with Crippen LogP contribution in [0.15, 0.2) is 70.2 Å². The maximum atomic E-state index is 6.39. The number of ether oxygens (including phenoxy) is 3. The second-order valence-corrected chi connectivity index (χ2v) is 8.77. The summed E-state index contributed by atoms with van der Waals surface area (Å²) in [4.78, 5) is 0. The van der Waals surface area contributed by atoms with Gasteiger partial charge in [-0.2, -0.15) is 5.10 Å². The second kappa shape index (κ2) is 6.93. The molecule has 0 saturated carbocycles. The number of nitrogens with zero attached hydrogens (tertiary/aromatic N) is 2. The third kappa shape index (κ3) is 2.94. The Balaban J connectivity index is 1.44. The number of hydrogen-bond acceptors (Lipinski definition) is 5. The summed E-state index contributed by atoms with van der Waals surface area (Å²) in [6.45, 7) is 0.256. The second-order valence-electron chi connectivity index (χ2n) is 7.42. The van der Waals surface area contributed by atoms with Crippen molar-refractivity contribution in [2.75, 3.05) is 6.79 Å². The van der Waals surface area contributed by atoms with Crippen molar-refractivity contribution < 1.29 is 14.2 Å². The van der Waals surface area contributed by atoms with Crippen molar-refractivity contribution in [3.05, 3.63) is 86.8 Å². The van der Waals surface area contributed by atoms with E-state index in [1.807, 2.05) is 59.6 Å². The number of hydrazone groups is 1. The van der Waals surface area contributed by atoms with Gasteiger partial charge in [-0.1, -0.05) is 39.7 Å². The van der Waals surface area contributed by atoms with E-state index in [-0.39, 0.29) is 19.1 Å². The molecule has 3 aromatic carbocycles. The van der Waals surface area contributed by atoms with Gasteiger partial charge in [0.15, 0.2) is 11.5 Å². The van der Waals surface area contributed by atoms with Gasteiger partial charge in [0.05, 0.1) is 11.8 Å². The fourth-order valence-corrected chi connectivity index (χ4v) is 4.77. The van der Waals surface area contributed by atoms with Gasteiger partial charge < -0.3 is 14.2 Å². The average molecular weight is 484 g/mol. The van der Waals surface area contributed by atoms with E-state index in [0.717, 1.165) is 50.5 Å². The highest BCUT2D eigenvalue weighted by atomic mass is 79.9. The highest BCUT2D eigenvalue weighted by molar-refractivity contribution is 9.10. The first-order chi connectivity index (χ1) is 14.7. The minimum absolute atomic E-state index is 0.0654. The van der Waals surface area contributed by atoms with Crippen molar-refractivity contribution >= 4 is 33.2 Å². The predicted molar refractivity (Wildman–Crippen MR) is 117 cm³/mol.